The summed E-state index contributed by atoms with van der Waals surface area (Å²) in [7, 11) is 0. The summed E-state index contributed by atoms with van der Waals surface area (Å²) in [5, 5.41) is 10.7. The summed E-state index contributed by atoms with van der Waals surface area (Å²) in [6.07, 6.45) is 1.76. The molecular weight excluding hydrogens is 305 g/mol. The first-order valence-electron chi connectivity index (χ1n) is 5.98. The predicted molar refractivity (Wildman–Crippen MR) is 78.5 cm³/mol. The van der Waals surface area contributed by atoms with Gasteiger partial charge in [-0.1, -0.05) is 11.6 Å². The third-order valence-electron chi connectivity index (χ3n) is 3.14. The fourth-order valence-electron chi connectivity index (χ4n) is 2.16. The highest BCUT2D eigenvalue weighted by Gasteiger charge is 2.24. The third kappa shape index (κ3) is 3.59. The zero-order valence-corrected chi connectivity index (χ0v) is 12.2. The normalized spacial score (nSPS) is 18.3. The maximum Gasteiger partial charge on any atom is 0.270 e. The summed E-state index contributed by atoms with van der Waals surface area (Å²) in [6.45, 7) is 1.13. The Kier molecular flexibility index (Phi) is 5.74. The van der Waals surface area contributed by atoms with Gasteiger partial charge in [-0.2, -0.15) is 0 Å². The van der Waals surface area contributed by atoms with Crippen molar-refractivity contribution < 1.29 is 9.72 Å². The molecule has 1 aromatic carbocycles. The van der Waals surface area contributed by atoms with Crippen LogP contribution in [0.3, 0.4) is 0 Å². The van der Waals surface area contributed by atoms with Crippen molar-refractivity contribution in [1.29, 1.82) is 0 Å². The first-order chi connectivity index (χ1) is 8.99. The Morgan fingerprint density at radius 1 is 1.50 bits per heavy atom. The monoisotopic (exact) mass is 319 g/mol. The molecule has 1 aliphatic heterocycles. The SMILES string of the molecule is Cl.NC1CCCN(C(=O)c2ccc([N+](=O)[O-])cc2Cl)C1. The number of likely N-dealkylation sites (tertiary alicyclic amines) is 1. The topological polar surface area (TPSA) is 89.5 Å². The van der Waals surface area contributed by atoms with E-state index in [9.17, 15) is 14.9 Å². The van der Waals surface area contributed by atoms with Crippen LogP contribution in [0.25, 0.3) is 0 Å². The van der Waals surface area contributed by atoms with E-state index < -0.39 is 4.92 Å². The molecule has 1 fully saturated rings. The van der Waals surface area contributed by atoms with Gasteiger partial charge in [-0.25, -0.2) is 0 Å². The molecule has 1 aromatic rings. The Morgan fingerprint density at radius 2 is 2.20 bits per heavy atom. The van der Waals surface area contributed by atoms with Crippen LogP contribution in [0.1, 0.15) is 23.2 Å². The van der Waals surface area contributed by atoms with Crippen molar-refractivity contribution in [3.05, 3.63) is 38.9 Å². The predicted octanol–water partition coefficient (Wildman–Crippen LogP) is 2.23. The molecule has 0 bridgehead atoms. The average molecular weight is 320 g/mol. The molecule has 2 N–H and O–H groups in total. The molecule has 0 saturated carbocycles. The lowest BCUT2D eigenvalue weighted by atomic mass is 10.1. The Morgan fingerprint density at radius 3 is 2.75 bits per heavy atom. The van der Waals surface area contributed by atoms with Crippen molar-refractivity contribution >= 4 is 35.6 Å². The molecule has 110 valence electrons. The van der Waals surface area contributed by atoms with Gasteiger partial charge in [0.1, 0.15) is 0 Å². The van der Waals surface area contributed by atoms with Crippen molar-refractivity contribution in [3.8, 4) is 0 Å². The number of halogens is 2. The van der Waals surface area contributed by atoms with Crippen LogP contribution in [0.5, 0.6) is 0 Å². The molecule has 1 aliphatic rings. The number of carbonyl (C=O) groups is 1. The number of nitro groups is 1. The zero-order valence-electron chi connectivity index (χ0n) is 10.6. The molecule has 0 aliphatic carbocycles. The second-order valence-electron chi connectivity index (χ2n) is 4.57. The fraction of sp³-hybridized carbons (Fsp3) is 0.417. The van der Waals surface area contributed by atoms with Crippen LogP contribution in [0.4, 0.5) is 5.69 Å². The van der Waals surface area contributed by atoms with Gasteiger partial charge >= 0.3 is 0 Å². The van der Waals surface area contributed by atoms with Gasteiger partial charge in [0.15, 0.2) is 0 Å². The van der Waals surface area contributed by atoms with E-state index in [1.165, 1.54) is 18.2 Å². The first kappa shape index (κ1) is 16.7. The van der Waals surface area contributed by atoms with E-state index in [2.05, 4.69) is 0 Å². The molecule has 1 heterocycles. The lowest BCUT2D eigenvalue weighted by molar-refractivity contribution is -0.384. The smallest absolute Gasteiger partial charge is 0.270 e. The highest BCUT2D eigenvalue weighted by atomic mass is 35.5. The van der Waals surface area contributed by atoms with Crippen LogP contribution in [0.2, 0.25) is 5.02 Å². The van der Waals surface area contributed by atoms with Gasteiger partial charge in [-0.15, -0.1) is 12.4 Å². The number of benzene rings is 1. The molecule has 20 heavy (non-hydrogen) atoms. The molecule has 0 radical (unpaired) electrons. The number of non-ortho nitro benzene ring substituents is 1. The number of nitrogens with zero attached hydrogens (tertiary/aromatic N) is 2. The van der Waals surface area contributed by atoms with Gasteiger partial charge in [0.25, 0.3) is 11.6 Å². The molecule has 1 amide bonds. The Bertz CT molecular complexity index is 525. The van der Waals surface area contributed by atoms with Gasteiger partial charge in [-0.3, -0.25) is 14.9 Å². The van der Waals surface area contributed by atoms with Crippen molar-refractivity contribution in [2.45, 2.75) is 18.9 Å². The Hall–Kier alpha value is -1.37. The standard InChI is InChI=1S/C12H14ClN3O3.ClH/c13-11-6-9(16(18)19)3-4-10(11)12(17)15-5-1-2-8(14)7-15;/h3-4,6,8H,1-2,5,7,14H2;1H. The third-order valence-corrected chi connectivity index (χ3v) is 3.45. The van der Waals surface area contributed by atoms with E-state index in [0.29, 0.717) is 13.1 Å². The van der Waals surface area contributed by atoms with Crippen molar-refractivity contribution in [2.24, 2.45) is 5.73 Å². The second kappa shape index (κ2) is 6.88. The minimum atomic E-state index is -0.545. The summed E-state index contributed by atoms with van der Waals surface area (Å²) in [5.74, 6) is -0.227. The molecule has 1 atom stereocenters. The van der Waals surface area contributed by atoms with E-state index in [1.807, 2.05) is 0 Å². The maximum atomic E-state index is 12.3. The highest BCUT2D eigenvalue weighted by Crippen LogP contribution is 2.24. The first-order valence-corrected chi connectivity index (χ1v) is 6.35. The summed E-state index contributed by atoms with van der Waals surface area (Å²) < 4.78 is 0. The molecule has 1 saturated heterocycles. The Labute approximate surface area is 127 Å². The second-order valence-corrected chi connectivity index (χ2v) is 4.98. The average Bonchev–Trinajstić information content (AvgIpc) is 2.37. The van der Waals surface area contributed by atoms with Gasteiger partial charge in [-0.05, 0) is 18.9 Å². The number of hydrogen-bond donors (Lipinski definition) is 1. The maximum absolute atomic E-state index is 12.3. The molecule has 6 nitrogen and oxygen atoms in total. The zero-order chi connectivity index (χ0) is 14.0. The minimum absolute atomic E-state index is 0. The number of rotatable bonds is 2. The largest absolute Gasteiger partial charge is 0.337 e. The van der Waals surface area contributed by atoms with Crippen molar-refractivity contribution in [3.63, 3.8) is 0 Å². The minimum Gasteiger partial charge on any atom is -0.337 e. The summed E-state index contributed by atoms with van der Waals surface area (Å²) in [4.78, 5) is 24.0. The number of nitrogens with two attached hydrogens (primary N) is 1. The van der Waals surface area contributed by atoms with E-state index in [0.717, 1.165) is 12.8 Å². The van der Waals surface area contributed by atoms with E-state index in [1.54, 1.807) is 4.90 Å². The van der Waals surface area contributed by atoms with E-state index in [-0.39, 0.29) is 40.6 Å². The van der Waals surface area contributed by atoms with Crippen LogP contribution in [-0.2, 0) is 0 Å². The van der Waals surface area contributed by atoms with Crippen LogP contribution in [0.15, 0.2) is 18.2 Å². The Balaban J connectivity index is 0.00000200. The van der Waals surface area contributed by atoms with Crippen LogP contribution < -0.4 is 5.73 Å². The fourth-order valence-corrected chi connectivity index (χ4v) is 2.41. The lowest BCUT2D eigenvalue weighted by Crippen LogP contribution is -2.45. The molecule has 2 rings (SSSR count). The summed E-state index contributed by atoms with van der Waals surface area (Å²) in [5.41, 5.74) is 5.98. The summed E-state index contributed by atoms with van der Waals surface area (Å²) >= 11 is 5.94. The van der Waals surface area contributed by atoms with Gasteiger partial charge < -0.3 is 10.6 Å². The number of carbonyl (C=O) groups excluding carboxylic acids is 1. The highest BCUT2D eigenvalue weighted by molar-refractivity contribution is 6.34. The molecule has 1 unspecified atom stereocenters. The van der Waals surface area contributed by atoms with Gasteiger partial charge in [0.2, 0.25) is 0 Å². The van der Waals surface area contributed by atoms with Crippen molar-refractivity contribution in [2.75, 3.05) is 13.1 Å². The number of amides is 1. The number of piperidine rings is 1. The molecule has 0 aromatic heterocycles. The van der Waals surface area contributed by atoms with Crippen molar-refractivity contribution in [1.82, 2.24) is 4.90 Å². The molecule has 8 heteroatoms. The number of hydrogen-bond acceptors (Lipinski definition) is 4. The van der Waals surface area contributed by atoms with Crippen LogP contribution >= 0.6 is 24.0 Å². The molecular formula is C12H15Cl2N3O3. The van der Waals surface area contributed by atoms with Crippen LogP contribution in [0, 0.1) is 10.1 Å². The molecule has 0 spiro atoms. The van der Waals surface area contributed by atoms with Gasteiger partial charge in [0.05, 0.1) is 15.5 Å². The quantitative estimate of drug-likeness (QED) is 0.668. The van der Waals surface area contributed by atoms with Crippen LogP contribution in [-0.4, -0.2) is 34.9 Å². The number of nitro benzene ring substituents is 1. The van der Waals surface area contributed by atoms with E-state index >= 15 is 0 Å². The van der Waals surface area contributed by atoms with E-state index in [4.69, 9.17) is 17.3 Å². The van der Waals surface area contributed by atoms with Gasteiger partial charge in [0, 0.05) is 31.3 Å². The lowest BCUT2D eigenvalue weighted by Gasteiger charge is -2.31. The summed E-state index contributed by atoms with van der Waals surface area (Å²) in [6, 6.07) is 3.85.